The van der Waals surface area contributed by atoms with Crippen LogP contribution in [0.4, 0.5) is 22.1 Å². The molecule has 1 aromatic heterocycles. The minimum absolute atomic E-state index is 0.282. The second kappa shape index (κ2) is 11.2. The van der Waals surface area contributed by atoms with Crippen molar-refractivity contribution >= 4 is 56.7 Å². The number of thiocarbonyl (C=S) groups is 1. The minimum Gasteiger partial charge on any atom is -0.462 e. The first kappa shape index (κ1) is 23.1. The van der Waals surface area contributed by atoms with Gasteiger partial charge in [0, 0.05) is 10.6 Å². The van der Waals surface area contributed by atoms with E-state index in [1.54, 1.807) is 11.3 Å². The van der Waals surface area contributed by atoms with Crippen LogP contribution < -0.4 is 10.6 Å². The molecule has 0 unspecified atom stereocenters. The van der Waals surface area contributed by atoms with E-state index in [4.69, 9.17) is 17.0 Å². The zero-order valence-electron chi connectivity index (χ0n) is 18.5. The first-order valence-corrected chi connectivity index (χ1v) is 12.3. The Balaban J connectivity index is 1.44. The summed E-state index contributed by atoms with van der Waals surface area (Å²) < 4.78 is 5.35. The number of esters is 1. The number of carbonyl (C=O) groups is 1. The second-order valence-electron chi connectivity index (χ2n) is 7.65. The van der Waals surface area contributed by atoms with Crippen molar-refractivity contribution in [3.8, 4) is 0 Å². The summed E-state index contributed by atoms with van der Waals surface area (Å²) in [4.78, 5) is 14.0. The van der Waals surface area contributed by atoms with Gasteiger partial charge in [-0.25, -0.2) is 4.79 Å². The summed E-state index contributed by atoms with van der Waals surface area (Å²) in [7, 11) is 0. The Morgan fingerprint density at radius 2 is 1.67 bits per heavy atom. The molecule has 0 atom stereocenters. The van der Waals surface area contributed by atoms with E-state index in [1.165, 1.54) is 11.3 Å². The number of ether oxygens (including phenoxy) is 1. The van der Waals surface area contributed by atoms with Crippen molar-refractivity contribution in [3.05, 3.63) is 70.6 Å². The van der Waals surface area contributed by atoms with Gasteiger partial charge in [0.05, 0.1) is 23.5 Å². The highest BCUT2D eigenvalue weighted by Crippen LogP contribution is 2.38. The quantitative estimate of drug-likeness (QED) is 0.167. The average molecular weight is 479 g/mol. The smallest absolute Gasteiger partial charge is 0.341 e. The van der Waals surface area contributed by atoms with E-state index in [9.17, 15) is 4.79 Å². The van der Waals surface area contributed by atoms with Crippen LogP contribution in [0.5, 0.6) is 0 Å². The summed E-state index contributed by atoms with van der Waals surface area (Å²) in [5.41, 5.74) is 4.13. The van der Waals surface area contributed by atoms with Crippen LogP contribution in [0.3, 0.4) is 0 Å². The number of azo groups is 1. The third kappa shape index (κ3) is 6.03. The van der Waals surface area contributed by atoms with Crippen LogP contribution in [-0.2, 0) is 17.6 Å². The molecule has 0 saturated heterocycles. The van der Waals surface area contributed by atoms with Gasteiger partial charge in [0.1, 0.15) is 5.00 Å². The molecule has 0 aliphatic heterocycles. The van der Waals surface area contributed by atoms with E-state index in [2.05, 4.69) is 20.9 Å². The van der Waals surface area contributed by atoms with Gasteiger partial charge in [0.2, 0.25) is 0 Å². The Bertz CT molecular complexity index is 1140. The van der Waals surface area contributed by atoms with E-state index in [0.29, 0.717) is 17.3 Å². The van der Waals surface area contributed by atoms with Gasteiger partial charge in [-0.2, -0.15) is 10.2 Å². The SMILES string of the molecule is CCOC(=O)c1c(NC(=S)Nc2ccc(N=Nc3ccccc3)cc2)sc2c1CCCCC2. The molecule has 0 saturated carbocycles. The lowest BCUT2D eigenvalue weighted by Crippen LogP contribution is -2.20. The Morgan fingerprint density at radius 3 is 2.39 bits per heavy atom. The lowest BCUT2D eigenvalue weighted by atomic mass is 10.1. The Morgan fingerprint density at radius 1 is 0.970 bits per heavy atom. The molecule has 170 valence electrons. The summed E-state index contributed by atoms with van der Waals surface area (Å²) in [5, 5.41) is 16.1. The number of nitrogens with one attached hydrogen (secondary N) is 2. The van der Waals surface area contributed by atoms with Crippen LogP contribution in [0, 0.1) is 0 Å². The highest BCUT2D eigenvalue weighted by molar-refractivity contribution is 7.80. The molecule has 1 aliphatic carbocycles. The van der Waals surface area contributed by atoms with Crippen molar-refractivity contribution in [2.45, 2.75) is 39.0 Å². The maximum absolute atomic E-state index is 12.7. The molecule has 2 aromatic carbocycles. The van der Waals surface area contributed by atoms with E-state index in [-0.39, 0.29) is 5.97 Å². The number of hydrogen-bond donors (Lipinski definition) is 2. The number of aryl methyl sites for hydroxylation is 1. The molecule has 1 aliphatic rings. The molecule has 33 heavy (non-hydrogen) atoms. The number of carbonyl (C=O) groups excluding carboxylic acids is 1. The number of benzene rings is 2. The molecule has 0 spiro atoms. The van der Waals surface area contributed by atoms with E-state index >= 15 is 0 Å². The summed E-state index contributed by atoms with van der Waals surface area (Å²) >= 11 is 7.14. The van der Waals surface area contributed by atoms with E-state index < -0.39 is 0 Å². The molecule has 0 bridgehead atoms. The zero-order valence-corrected chi connectivity index (χ0v) is 20.1. The predicted molar refractivity (Wildman–Crippen MR) is 138 cm³/mol. The first-order valence-electron chi connectivity index (χ1n) is 11.1. The van der Waals surface area contributed by atoms with Gasteiger partial charge in [0.25, 0.3) is 0 Å². The van der Waals surface area contributed by atoms with Crippen molar-refractivity contribution in [3.63, 3.8) is 0 Å². The van der Waals surface area contributed by atoms with E-state index in [0.717, 1.165) is 53.3 Å². The number of hydrogen-bond acceptors (Lipinski definition) is 6. The molecule has 0 radical (unpaired) electrons. The van der Waals surface area contributed by atoms with Crippen molar-refractivity contribution in [2.75, 3.05) is 17.2 Å². The number of nitrogens with zero attached hydrogens (tertiary/aromatic N) is 2. The molecule has 2 N–H and O–H groups in total. The molecule has 8 heteroatoms. The molecule has 4 rings (SSSR count). The van der Waals surface area contributed by atoms with Gasteiger partial charge >= 0.3 is 5.97 Å². The van der Waals surface area contributed by atoms with Crippen LogP contribution in [0.2, 0.25) is 0 Å². The lowest BCUT2D eigenvalue weighted by molar-refractivity contribution is 0.0527. The monoisotopic (exact) mass is 478 g/mol. The van der Waals surface area contributed by atoms with Crippen LogP contribution in [0.1, 0.15) is 47.0 Å². The zero-order chi connectivity index (χ0) is 23.0. The normalized spacial score (nSPS) is 13.2. The molecule has 1 heterocycles. The fourth-order valence-electron chi connectivity index (χ4n) is 3.74. The second-order valence-corrected chi connectivity index (χ2v) is 9.16. The van der Waals surface area contributed by atoms with Gasteiger partial charge in [-0.1, -0.05) is 24.6 Å². The topological polar surface area (TPSA) is 75.1 Å². The lowest BCUT2D eigenvalue weighted by Gasteiger charge is -2.12. The summed E-state index contributed by atoms with van der Waals surface area (Å²) in [6.07, 6.45) is 5.32. The molecule has 6 nitrogen and oxygen atoms in total. The highest BCUT2D eigenvalue weighted by atomic mass is 32.1. The third-order valence-corrected chi connectivity index (χ3v) is 6.70. The molecule has 0 fully saturated rings. The van der Waals surface area contributed by atoms with Crippen molar-refractivity contribution in [1.82, 2.24) is 0 Å². The standard InChI is InChI=1S/C25H26N4O2S2/c1-2-31-24(30)22-20-11-7-4-8-12-21(20)33-23(22)27-25(32)26-17-13-15-19(16-14-17)29-28-18-9-5-3-6-10-18/h3,5-6,9-10,13-16H,2,4,7-8,11-12H2,1H3,(H2,26,27,32). The summed E-state index contributed by atoms with van der Waals surface area (Å²) in [5.74, 6) is -0.282. The van der Waals surface area contributed by atoms with Crippen LogP contribution in [-0.4, -0.2) is 17.7 Å². The van der Waals surface area contributed by atoms with Gasteiger partial charge in [-0.3, -0.25) is 0 Å². The van der Waals surface area contributed by atoms with Gasteiger partial charge in [0.15, 0.2) is 5.11 Å². The highest BCUT2D eigenvalue weighted by Gasteiger charge is 2.26. The predicted octanol–water partition coefficient (Wildman–Crippen LogP) is 7.42. The number of anilines is 2. The van der Waals surface area contributed by atoms with Crippen molar-refractivity contribution in [2.24, 2.45) is 10.2 Å². The molecule has 3 aromatic rings. The average Bonchev–Trinajstić information content (AvgIpc) is 2.99. The van der Waals surface area contributed by atoms with Crippen LogP contribution in [0.15, 0.2) is 64.8 Å². The Labute approximate surface area is 203 Å². The third-order valence-electron chi connectivity index (χ3n) is 5.29. The van der Waals surface area contributed by atoms with E-state index in [1.807, 2.05) is 61.5 Å². The van der Waals surface area contributed by atoms with Crippen LogP contribution in [0.25, 0.3) is 0 Å². The van der Waals surface area contributed by atoms with Gasteiger partial charge < -0.3 is 15.4 Å². The fourth-order valence-corrected chi connectivity index (χ4v) is 5.30. The maximum Gasteiger partial charge on any atom is 0.341 e. The van der Waals surface area contributed by atoms with Crippen molar-refractivity contribution in [1.29, 1.82) is 0 Å². The Hall–Kier alpha value is -3.10. The molecule has 0 amide bonds. The largest absolute Gasteiger partial charge is 0.462 e. The Kier molecular flexibility index (Phi) is 7.80. The first-order chi connectivity index (χ1) is 16.1. The number of fused-ring (bicyclic) bond motifs is 1. The van der Waals surface area contributed by atoms with Gasteiger partial charge in [-0.15, -0.1) is 11.3 Å². The minimum atomic E-state index is -0.282. The van der Waals surface area contributed by atoms with Crippen LogP contribution >= 0.6 is 23.6 Å². The molecular formula is C25H26N4O2S2. The maximum atomic E-state index is 12.7. The summed E-state index contributed by atoms with van der Waals surface area (Å²) in [6, 6.07) is 17.1. The summed E-state index contributed by atoms with van der Waals surface area (Å²) in [6.45, 7) is 2.17. The fraction of sp³-hybridized carbons (Fsp3) is 0.280. The van der Waals surface area contributed by atoms with Gasteiger partial charge in [-0.05, 0) is 86.8 Å². The number of rotatable bonds is 6. The molecular weight excluding hydrogens is 452 g/mol. The van der Waals surface area contributed by atoms with Crippen molar-refractivity contribution < 1.29 is 9.53 Å². The number of thiophene rings is 1.